The van der Waals surface area contributed by atoms with Crippen molar-refractivity contribution >= 4 is 0 Å². The molecule has 1 heterocycles. The summed E-state index contributed by atoms with van der Waals surface area (Å²) in [6.45, 7) is 6.92. The third kappa shape index (κ3) is 2.92. The second kappa shape index (κ2) is 6.57. The highest BCUT2D eigenvalue weighted by atomic mass is 35.5. The Morgan fingerprint density at radius 3 is 2.50 bits per heavy atom. The number of aromatic nitrogens is 2. The van der Waals surface area contributed by atoms with E-state index in [9.17, 15) is 0 Å². The summed E-state index contributed by atoms with van der Waals surface area (Å²) in [5.41, 5.74) is 4.74. The quantitative estimate of drug-likeness (QED) is 0.863. The van der Waals surface area contributed by atoms with Crippen molar-refractivity contribution in [3.63, 3.8) is 0 Å². The molecular weight excluding hydrogens is 248 g/mol. The van der Waals surface area contributed by atoms with Crippen LogP contribution in [-0.2, 0) is 4.74 Å². The van der Waals surface area contributed by atoms with E-state index < -0.39 is 0 Å². The van der Waals surface area contributed by atoms with Gasteiger partial charge in [-0.1, -0.05) is 18.2 Å². The number of aromatic amines is 1. The minimum Gasteiger partial charge on any atom is -1.00 e. The predicted octanol–water partition coefficient (Wildman–Crippen LogP) is 0.269. The van der Waals surface area contributed by atoms with Crippen molar-refractivity contribution in [2.45, 2.75) is 26.9 Å². The Morgan fingerprint density at radius 2 is 2.00 bits per heavy atom. The average molecular weight is 267 g/mol. The molecule has 0 saturated carbocycles. The number of H-pyrrole nitrogens is 1. The minimum atomic E-state index is -0.0521. The van der Waals surface area contributed by atoms with Gasteiger partial charge in [-0.05, 0) is 37.5 Å². The standard InChI is InChI=1S/C14H18N2O.ClH/c1-4-17-14(12-8-15-9-16-12)13-10(2)6-5-7-11(13)3;/h5-9,14H,4H2,1-3H3,(H,15,16);1H. The third-order valence-electron chi connectivity index (χ3n) is 2.94. The normalized spacial score (nSPS) is 11.9. The Labute approximate surface area is 115 Å². The summed E-state index contributed by atoms with van der Waals surface area (Å²) in [6, 6.07) is 6.31. The molecule has 18 heavy (non-hydrogen) atoms. The number of imidazole rings is 1. The third-order valence-corrected chi connectivity index (χ3v) is 2.94. The minimum absolute atomic E-state index is 0. The maximum absolute atomic E-state index is 5.86. The lowest BCUT2D eigenvalue weighted by Gasteiger charge is -2.20. The zero-order valence-corrected chi connectivity index (χ0v) is 11.7. The van der Waals surface area contributed by atoms with Crippen molar-refractivity contribution in [3.8, 4) is 0 Å². The molecule has 3 nitrogen and oxygen atoms in total. The lowest BCUT2D eigenvalue weighted by atomic mass is 9.96. The summed E-state index contributed by atoms with van der Waals surface area (Å²) in [5.74, 6) is 0. The summed E-state index contributed by atoms with van der Waals surface area (Å²) >= 11 is 0. The van der Waals surface area contributed by atoms with Gasteiger partial charge in [-0.15, -0.1) is 0 Å². The zero-order valence-electron chi connectivity index (χ0n) is 11.9. The number of ether oxygens (including phenoxy) is 1. The van der Waals surface area contributed by atoms with Crippen molar-refractivity contribution in [1.29, 1.82) is 0 Å². The summed E-state index contributed by atoms with van der Waals surface area (Å²) < 4.78 is 5.86. The molecule has 1 atom stereocenters. The van der Waals surface area contributed by atoms with Gasteiger partial charge in [0, 0.05) is 6.61 Å². The van der Waals surface area contributed by atoms with Crippen LogP contribution in [0.2, 0.25) is 0 Å². The molecule has 98 valence electrons. The Kier molecular flexibility index (Phi) is 5.38. The van der Waals surface area contributed by atoms with E-state index in [1.54, 1.807) is 6.33 Å². The molecule has 1 aromatic heterocycles. The Bertz CT molecular complexity index is 468. The molecule has 0 bridgehead atoms. The monoisotopic (exact) mass is 266 g/mol. The van der Waals surface area contributed by atoms with E-state index in [1.807, 2.05) is 13.1 Å². The van der Waals surface area contributed by atoms with Crippen LogP contribution in [-0.4, -0.2) is 16.6 Å². The first-order valence-corrected chi connectivity index (χ1v) is 5.90. The lowest BCUT2D eigenvalue weighted by Crippen LogP contribution is -3.00. The smallest absolute Gasteiger partial charge is 1.00 e. The Balaban J connectivity index is 0.00000162. The largest absolute Gasteiger partial charge is 1.00 e. The number of aryl methyl sites for hydroxylation is 2. The first kappa shape index (κ1) is 14.7. The number of rotatable bonds is 4. The van der Waals surface area contributed by atoms with Gasteiger partial charge in [0.2, 0.25) is 0 Å². The molecule has 1 N–H and O–H groups in total. The number of halogens is 1. The average Bonchev–Trinajstić information content (AvgIpc) is 2.80. The van der Waals surface area contributed by atoms with Gasteiger partial charge in [-0.2, -0.15) is 0 Å². The second-order valence-corrected chi connectivity index (χ2v) is 4.15. The van der Waals surface area contributed by atoms with Crippen molar-refractivity contribution in [1.82, 2.24) is 9.97 Å². The van der Waals surface area contributed by atoms with E-state index in [0.29, 0.717) is 6.61 Å². The highest BCUT2D eigenvalue weighted by Gasteiger charge is 2.19. The van der Waals surface area contributed by atoms with Crippen molar-refractivity contribution in [2.24, 2.45) is 0 Å². The molecular formula is C14H19ClN2O. The number of hydrogen-bond acceptors (Lipinski definition) is 2. The van der Waals surface area contributed by atoms with E-state index in [2.05, 4.69) is 42.0 Å². The Hall–Kier alpha value is -1.32. The molecule has 0 aliphatic carbocycles. The first-order chi connectivity index (χ1) is 8.24. The molecule has 1 unspecified atom stereocenters. The van der Waals surface area contributed by atoms with Crippen LogP contribution in [0.1, 0.15) is 36.8 Å². The number of benzene rings is 1. The SMILES string of the molecule is CCOC(c1cnc[nH]1)c1c(C)cccc1C.[Cl-].[H+]. The maximum atomic E-state index is 5.86. The first-order valence-electron chi connectivity index (χ1n) is 5.90. The topological polar surface area (TPSA) is 37.9 Å². The molecule has 0 fully saturated rings. The van der Waals surface area contributed by atoms with Crippen LogP contribution in [0, 0.1) is 13.8 Å². The molecule has 0 aliphatic heterocycles. The summed E-state index contributed by atoms with van der Waals surface area (Å²) in [6.07, 6.45) is 3.46. The second-order valence-electron chi connectivity index (χ2n) is 4.15. The van der Waals surface area contributed by atoms with E-state index in [-0.39, 0.29) is 19.9 Å². The van der Waals surface area contributed by atoms with E-state index in [4.69, 9.17) is 4.74 Å². The molecule has 0 aliphatic rings. The van der Waals surface area contributed by atoms with E-state index >= 15 is 0 Å². The lowest BCUT2D eigenvalue weighted by molar-refractivity contribution is -0.00000507. The van der Waals surface area contributed by atoms with Gasteiger partial charge in [-0.25, -0.2) is 4.98 Å². The number of nitrogens with one attached hydrogen (secondary N) is 1. The summed E-state index contributed by atoms with van der Waals surface area (Å²) in [4.78, 5) is 7.21. The van der Waals surface area contributed by atoms with Crippen LogP contribution in [0.3, 0.4) is 0 Å². The van der Waals surface area contributed by atoms with Crippen LogP contribution in [0.25, 0.3) is 0 Å². The van der Waals surface area contributed by atoms with Gasteiger partial charge in [0.05, 0.1) is 18.2 Å². The molecule has 2 aromatic rings. The summed E-state index contributed by atoms with van der Waals surface area (Å²) in [7, 11) is 0. The van der Waals surface area contributed by atoms with E-state index in [1.165, 1.54) is 16.7 Å². The highest BCUT2D eigenvalue weighted by molar-refractivity contribution is 5.38. The fourth-order valence-electron chi connectivity index (χ4n) is 2.15. The van der Waals surface area contributed by atoms with Crippen LogP contribution >= 0.6 is 0 Å². The van der Waals surface area contributed by atoms with Crippen molar-refractivity contribution in [2.75, 3.05) is 6.61 Å². The van der Waals surface area contributed by atoms with Gasteiger partial charge in [0.1, 0.15) is 6.10 Å². The number of hydrogen-bond donors (Lipinski definition) is 1. The van der Waals surface area contributed by atoms with Crippen LogP contribution < -0.4 is 12.4 Å². The van der Waals surface area contributed by atoms with Gasteiger partial charge in [0.25, 0.3) is 0 Å². The van der Waals surface area contributed by atoms with Crippen LogP contribution in [0.5, 0.6) is 0 Å². The van der Waals surface area contributed by atoms with Gasteiger partial charge >= 0.3 is 1.43 Å². The molecule has 0 spiro atoms. The highest BCUT2D eigenvalue weighted by Crippen LogP contribution is 2.29. The Morgan fingerprint density at radius 1 is 1.33 bits per heavy atom. The molecule has 0 saturated heterocycles. The fraction of sp³-hybridized carbons (Fsp3) is 0.357. The molecule has 0 radical (unpaired) electrons. The van der Waals surface area contributed by atoms with Crippen LogP contribution in [0.15, 0.2) is 30.7 Å². The van der Waals surface area contributed by atoms with Crippen molar-refractivity contribution < 1.29 is 18.6 Å². The van der Waals surface area contributed by atoms with Crippen LogP contribution in [0.4, 0.5) is 0 Å². The van der Waals surface area contributed by atoms with E-state index in [0.717, 1.165) is 5.69 Å². The molecule has 1 aromatic carbocycles. The molecule has 0 amide bonds. The number of nitrogens with zero attached hydrogens (tertiary/aromatic N) is 1. The molecule has 4 heteroatoms. The summed E-state index contributed by atoms with van der Waals surface area (Å²) in [5, 5.41) is 0. The van der Waals surface area contributed by atoms with Gasteiger partial charge < -0.3 is 22.1 Å². The van der Waals surface area contributed by atoms with Crippen molar-refractivity contribution in [3.05, 3.63) is 53.1 Å². The maximum Gasteiger partial charge on any atom is 1.00 e. The predicted molar refractivity (Wildman–Crippen MR) is 69.1 cm³/mol. The van der Waals surface area contributed by atoms with Gasteiger partial charge in [0.15, 0.2) is 0 Å². The molecule has 2 rings (SSSR count). The fourth-order valence-corrected chi connectivity index (χ4v) is 2.15. The zero-order chi connectivity index (χ0) is 12.3. The van der Waals surface area contributed by atoms with Gasteiger partial charge in [-0.3, -0.25) is 0 Å².